The van der Waals surface area contributed by atoms with E-state index in [9.17, 15) is 13.5 Å². The number of aromatic hydroxyl groups is 1. The largest absolute Gasteiger partial charge is 0.506 e. The summed E-state index contributed by atoms with van der Waals surface area (Å²) in [5.41, 5.74) is 7.67. The van der Waals surface area contributed by atoms with E-state index in [0.717, 1.165) is 17.2 Å². The van der Waals surface area contributed by atoms with Crippen LogP contribution in [-0.4, -0.2) is 17.9 Å². The Morgan fingerprint density at radius 2 is 2.12 bits per heavy atom. The van der Waals surface area contributed by atoms with Crippen LogP contribution in [0.4, 0.5) is 16.4 Å². The third kappa shape index (κ3) is 3.16. The van der Waals surface area contributed by atoms with E-state index >= 15 is 0 Å². The van der Waals surface area contributed by atoms with Gasteiger partial charge >= 0.3 is 0 Å². The highest BCUT2D eigenvalue weighted by Gasteiger charge is 2.28. The summed E-state index contributed by atoms with van der Waals surface area (Å²) in [5.74, 6) is -0.255. The predicted octanol–water partition coefficient (Wildman–Crippen LogP) is 2.67. The van der Waals surface area contributed by atoms with Crippen molar-refractivity contribution in [3.63, 3.8) is 0 Å². The van der Waals surface area contributed by atoms with E-state index in [4.69, 9.17) is 10.9 Å². The second-order valence-corrected chi connectivity index (χ2v) is 7.80. The van der Waals surface area contributed by atoms with Crippen LogP contribution in [0, 0.1) is 5.92 Å². The van der Waals surface area contributed by atoms with Gasteiger partial charge < -0.3 is 10.8 Å². The average molecular weight is 365 g/mol. The Morgan fingerprint density at radius 3 is 2.79 bits per heavy atom. The second kappa shape index (κ2) is 5.96. The number of nitrogens with two attached hydrogens (primary N) is 2. The minimum absolute atomic E-state index is 0.0289. The summed E-state index contributed by atoms with van der Waals surface area (Å²) in [5, 5.41) is 23.3. The van der Waals surface area contributed by atoms with Crippen LogP contribution >= 0.6 is 11.5 Å². The van der Waals surface area contributed by atoms with Crippen molar-refractivity contribution in [1.29, 1.82) is 0 Å². The molecule has 2 aromatic rings. The van der Waals surface area contributed by atoms with Gasteiger partial charge in [0.2, 0.25) is 10.0 Å². The second-order valence-electron chi connectivity index (χ2n) is 5.49. The first-order valence-corrected chi connectivity index (χ1v) is 9.31. The summed E-state index contributed by atoms with van der Waals surface area (Å²) in [6, 6.07) is 4.48. The summed E-state index contributed by atoms with van der Waals surface area (Å²) >= 11 is 1.14. The fraction of sp³-hybridized carbons (Fsp3) is 0.214. The van der Waals surface area contributed by atoms with Crippen molar-refractivity contribution in [3.05, 3.63) is 34.4 Å². The molecule has 0 amide bonds. The number of benzene rings is 1. The number of rotatable bonds is 3. The maximum atomic E-state index is 11.7. The number of phenols is 1. The molecule has 8 nitrogen and oxygen atoms in total. The molecular formula is C14H15N5O3S2. The molecule has 1 aliphatic rings. The van der Waals surface area contributed by atoms with Crippen LogP contribution in [-0.2, 0) is 16.4 Å². The molecule has 126 valence electrons. The molecule has 10 heteroatoms. The lowest BCUT2D eigenvalue weighted by Crippen LogP contribution is -2.22. The topological polar surface area (TPSA) is 144 Å². The molecule has 1 atom stereocenters. The van der Waals surface area contributed by atoms with Gasteiger partial charge in [-0.15, -0.1) is 10.2 Å². The number of azo groups is 1. The van der Waals surface area contributed by atoms with Gasteiger partial charge in [-0.1, -0.05) is 6.92 Å². The maximum absolute atomic E-state index is 11.7. The molecule has 1 aliphatic carbocycles. The van der Waals surface area contributed by atoms with E-state index in [1.165, 1.54) is 18.2 Å². The van der Waals surface area contributed by atoms with Gasteiger partial charge in [-0.25, -0.2) is 13.6 Å². The van der Waals surface area contributed by atoms with Crippen LogP contribution in [0.5, 0.6) is 5.75 Å². The number of aromatic nitrogens is 1. The summed E-state index contributed by atoms with van der Waals surface area (Å²) < 4.78 is 27.7. The zero-order chi connectivity index (χ0) is 17.5. The van der Waals surface area contributed by atoms with Crippen molar-refractivity contribution in [2.75, 3.05) is 5.73 Å². The van der Waals surface area contributed by atoms with Crippen molar-refractivity contribution in [2.45, 2.75) is 13.3 Å². The first kappa shape index (κ1) is 16.6. The Balaban J connectivity index is 1.97. The number of nitrogen functional groups attached to an aromatic ring is 1. The van der Waals surface area contributed by atoms with Crippen LogP contribution in [0.1, 0.15) is 18.2 Å². The summed E-state index contributed by atoms with van der Waals surface area (Å²) in [7, 11) is -3.77. The highest BCUT2D eigenvalue weighted by atomic mass is 32.2. The molecule has 0 saturated heterocycles. The number of primary sulfonamides is 1. The third-order valence-corrected chi connectivity index (χ3v) is 5.61. The SMILES string of the molecule is CC1Cc2nsc(/N=N/c3ccc(O)c(N)c3)c2C=C1S(N)(=O)=O. The minimum atomic E-state index is -3.77. The monoisotopic (exact) mass is 365 g/mol. The first-order chi connectivity index (χ1) is 11.3. The van der Waals surface area contributed by atoms with Crippen molar-refractivity contribution in [1.82, 2.24) is 4.37 Å². The lowest BCUT2D eigenvalue weighted by molar-refractivity contribution is 0.478. The Bertz CT molecular complexity index is 963. The van der Waals surface area contributed by atoms with Crippen LogP contribution in [0.3, 0.4) is 0 Å². The molecule has 1 aromatic carbocycles. The number of hydrogen-bond acceptors (Lipinski definition) is 8. The van der Waals surface area contributed by atoms with Gasteiger partial charge in [0.25, 0.3) is 0 Å². The lowest BCUT2D eigenvalue weighted by atomic mass is 9.96. The first-order valence-electron chi connectivity index (χ1n) is 6.99. The number of hydrogen-bond donors (Lipinski definition) is 3. The maximum Gasteiger partial charge on any atom is 0.234 e. The zero-order valence-electron chi connectivity index (χ0n) is 12.7. The average Bonchev–Trinajstić information content (AvgIpc) is 2.88. The Kier molecular flexibility index (Phi) is 4.11. The van der Waals surface area contributed by atoms with Gasteiger partial charge in [-0.2, -0.15) is 4.37 Å². The van der Waals surface area contributed by atoms with E-state index in [0.29, 0.717) is 22.7 Å². The van der Waals surface area contributed by atoms with Gasteiger partial charge in [0, 0.05) is 5.56 Å². The molecule has 1 unspecified atom stereocenters. The highest BCUT2D eigenvalue weighted by molar-refractivity contribution is 7.93. The van der Waals surface area contributed by atoms with Crippen LogP contribution in [0.15, 0.2) is 33.3 Å². The summed E-state index contributed by atoms with van der Waals surface area (Å²) in [4.78, 5) is 0.167. The Labute approximate surface area is 142 Å². The molecule has 1 aromatic heterocycles. The minimum Gasteiger partial charge on any atom is -0.506 e. The number of anilines is 1. The van der Waals surface area contributed by atoms with E-state index in [2.05, 4.69) is 14.6 Å². The third-order valence-electron chi connectivity index (χ3n) is 3.65. The van der Waals surface area contributed by atoms with Gasteiger partial charge in [-0.05, 0) is 48.1 Å². The summed E-state index contributed by atoms with van der Waals surface area (Å²) in [6.45, 7) is 1.79. The van der Waals surface area contributed by atoms with Crippen molar-refractivity contribution < 1.29 is 13.5 Å². The molecule has 24 heavy (non-hydrogen) atoms. The molecule has 5 N–H and O–H groups in total. The van der Waals surface area contributed by atoms with Crippen LogP contribution < -0.4 is 10.9 Å². The zero-order valence-corrected chi connectivity index (χ0v) is 14.3. The molecule has 0 bridgehead atoms. The van der Waals surface area contributed by atoms with Gasteiger partial charge in [0.15, 0.2) is 5.00 Å². The van der Waals surface area contributed by atoms with E-state index < -0.39 is 10.0 Å². The Morgan fingerprint density at radius 1 is 1.38 bits per heavy atom. The smallest absolute Gasteiger partial charge is 0.234 e. The van der Waals surface area contributed by atoms with Crippen LogP contribution in [0.25, 0.3) is 6.08 Å². The molecule has 0 radical (unpaired) electrons. The van der Waals surface area contributed by atoms with E-state index in [-0.39, 0.29) is 22.3 Å². The fourth-order valence-corrected chi connectivity index (χ4v) is 4.08. The highest BCUT2D eigenvalue weighted by Crippen LogP contribution is 2.38. The molecule has 0 fully saturated rings. The number of nitrogens with zero attached hydrogens (tertiary/aromatic N) is 3. The predicted molar refractivity (Wildman–Crippen MR) is 92.8 cm³/mol. The molecule has 0 aliphatic heterocycles. The lowest BCUT2D eigenvalue weighted by Gasteiger charge is -2.18. The summed E-state index contributed by atoms with van der Waals surface area (Å²) in [6.07, 6.45) is 2.00. The van der Waals surface area contributed by atoms with E-state index in [1.54, 1.807) is 13.0 Å². The number of phenolic OH excluding ortho intramolecular Hbond substituents is 1. The fourth-order valence-electron chi connectivity index (χ4n) is 2.43. The van der Waals surface area contributed by atoms with Gasteiger partial charge in [0.05, 0.1) is 22.0 Å². The molecule has 0 spiro atoms. The van der Waals surface area contributed by atoms with Crippen molar-refractivity contribution in [2.24, 2.45) is 21.3 Å². The van der Waals surface area contributed by atoms with Crippen LogP contribution in [0.2, 0.25) is 0 Å². The molecular weight excluding hydrogens is 350 g/mol. The number of fused-ring (bicyclic) bond motifs is 1. The Hall–Kier alpha value is -2.30. The molecule has 1 heterocycles. The normalized spacial score (nSPS) is 17.8. The van der Waals surface area contributed by atoms with Crippen molar-refractivity contribution >= 4 is 44.0 Å². The van der Waals surface area contributed by atoms with Gasteiger partial charge in [0.1, 0.15) is 5.75 Å². The number of allylic oxidation sites excluding steroid dienone is 1. The van der Waals surface area contributed by atoms with E-state index in [1.807, 2.05) is 0 Å². The van der Waals surface area contributed by atoms with Gasteiger partial charge in [-0.3, -0.25) is 0 Å². The molecule has 3 rings (SSSR count). The quantitative estimate of drug-likeness (QED) is 0.435. The number of sulfonamides is 1. The standard InChI is InChI=1S/C14H15N5O3S2/c1-7-4-11-9(6-13(7)24(16,21)22)14(23-19-11)18-17-8-2-3-12(20)10(15)5-8/h2-3,5-7,20H,4,15H2,1H3,(H2,16,21,22)/b18-17+. The van der Waals surface area contributed by atoms with Crippen molar-refractivity contribution in [3.8, 4) is 5.75 Å². The molecule has 0 saturated carbocycles.